The second-order valence-electron chi connectivity index (χ2n) is 3.90. The molecule has 4 nitrogen and oxygen atoms in total. The molecule has 0 bridgehead atoms. The normalized spacial score (nSPS) is 12.6. The maximum Gasteiger partial charge on any atom is 0.250 e. The van der Waals surface area contributed by atoms with Gasteiger partial charge in [0.1, 0.15) is 4.21 Å². The Morgan fingerprint density at radius 2 is 2.19 bits per heavy atom. The van der Waals surface area contributed by atoms with Crippen LogP contribution in [-0.2, 0) is 10.0 Å². The molecule has 0 aliphatic heterocycles. The molecular weight excluding hydrogens is 244 g/mol. The van der Waals surface area contributed by atoms with Crippen LogP contribution >= 0.6 is 11.3 Å². The summed E-state index contributed by atoms with van der Waals surface area (Å²) >= 11 is 1.23. The molecule has 6 heteroatoms. The summed E-state index contributed by atoms with van der Waals surface area (Å²) in [6, 6.07) is 3.77. The molecule has 92 valence electrons. The number of thiophene rings is 1. The second kappa shape index (κ2) is 5.77. The highest BCUT2D eigenvalue weighted by atomic mass is 32.2. The van der Waals surface area contributed by atoms with Gasteiger partial charge >= 0.3 is 0 Å². The molecule has 1 N–H and O–H groups in total. The van der Waals surface area contributed by atoms with E-state index in [1.165, 1.54) is 11.3 Å². The SMILES string of the molecule is CC(C)N(C)CCNS(=O)(=O)c1cccs1. The number of rotatable bonds is 6. The molecule has 1 heterocycles. The summed E-state index contributed by atoms with van der Waals surface area (Å²) in [6.45, 7) is 5.30. The average Bonchev–Trinajstić information content (AvgIpc) is 2.70. The van der Waals surface area contributed by atoms with Gasteiger partial charge in [0.25, 0.3) is 0 Å². The van der Waals surface area contributed by atoms with Crippen LogP contribution in [0.1, 0.15) is 13.8 Å². The highest BCUT2D eigenvalue weighted by Gasteiger charge is 2.14. The first-order valence-corrected chi connectivity index (χ1v) is 7.53. The smallest absolute Gasteiger partial charge is 0.250 e. The first-order valence-electron chi connectivity index (χ1n) is 5.17. The van der Waals surface area contributed by atoms with Crippen LogP contribution in [0, 0.1) is 0 Å². The molecule has 0 radical (unpaired) electrons. The van der Waals surface area contributed by atoms with Gasteiger partial charge in [-0.2, -0.15) is 0 Å². The minimum atomic E-state index is -3.30. The zero-order valence-electron chi connectivity index (χ0n) is 9.80. The van der Waals surface area contributed by atoms with Crippen molar-refractivity contribution in [3.05, 3.63) is 17.5 Å². The van der Waals surface area contributed by atoms with Gasteiger partial charge in [-0.1, -0.05) is 6.07 Å². The molecule has 1 aromatic rings. The van der Waals surface area contributed by atoms with Crippen molar-refractivity contribution in [2.75, 3.05) is 20.1 Å². The predicted molar refractivity (Wildman–Crippen MR) is 67.3 cm³/mol. The van der Waals surface area contributed by atoms with Crippen LogP contribution in [0.3, 0.4) is 0 Å². The monoisotopic (exact) mass is 262 g/mol. The van der Waals surface area contributed by atoms with E-state index in [0.29, 0.717) is 23.3 Å². The summed E-state index contributed by atoms with van der Waals surface area (Å²) < 4.78 is 26.4. The minimum absolute atomic E-state index is 0.375. The van der Waals surface area contributed by atoms with Crippen LogP contribution in [0.4, 0.5) is 0 Å². The molecule has 0 saturated heterocycles. The topological polar surface area (TPSA) is 49.4 Å². The lowest BCUT2D eigenvalue weighted by Crippen LogP contribution is -2.35. The van der Waals surface area contributed by atoms with Crippen LogP contribution in [0.5, 0.6) is 0 Å². The van der Waals surface area contributed by atoms with Crippen molar-refractivity contribution in [1.82, 2.24) is 9.62 Å². The molecule has 0 amide bonds. The van der Waals surface area contributed by atoms with E-state index in [1.807, 2.05) is 7.05 Å². The molecule has 0 aromatic carbocycles. The lowest BCUT2D eigenvalue weighted by atomic mass is 10.3. The van der Waals surface area contributed by atoms with Gasteiger partial charge in [-0.3, -0.25) is 0 Å². The van der Waals surface area contributed by atoms with Gasteiger partial charge in [-0.15, -0.1) is 11.3 Å². The van der Waals surface area contributed by atoms with Crippen molar-refractivity contribution >= 4 is 21.4 Å². The lowest BCUT2D eigenvalue weighted by Gasteiger charge is -2.20. The van der Waals surface area contributed by atoms with E-state index in [4.69, 9.17) is 0 Å². The quantitative estimate of drug-likeness (QED) is 0.842. The Balaban J connectivity index is 2.44. The lowest BCUT2D eigenvalue weighted by molar-refractivity contribution is 0.278. The van der Waals surface area contributed by atoms with Gasteiger partial charge in [-0.05, 0) is 32.3 Å². The molecule has 0 unspecified atom stereocenters. The van der Waals surface area contributed by atoms with E-state index in [1.54, 1.807) is 17.5 Å². The van der Waals surface area contributed by atoms with E-state index >= 15 is 0 Å². The molecule has 0 atom stereocenters. The van der Waals surface area contributed by atoms with Gasteiger partial charge in [0, 0.05) is 19.1 Å². The maximum atomic E-state index is 11.7. The van der Waals surface area contributed by atoms with E-state index in [0.717, 1.165) is 0 Å². The van der Waals surface area contributed by atoms with Crippen molar-refractivity contribution in [2.24, 2.45) is 0 Å². The minimum Gasteiger partial charge on any atom is -0.303 e. The number of nitrogens with zero attached hydrogens (tertiary/aromatic N) is 1. The van der Waals surface area contributed by atoms with Crippen molar-refractivity contribution in [1.29, 1.82) is 0 Å². The number of sulfonamides is 1. The molecule has 0 saturated carbocycles. The molecule has 0 fully saturated rings. The van der Waals surface area contributed by atoms with Crippen molar-refractivity contribution in [3.63, 3.8) is 0 Å². The second-order valence-corrected chi connectivity index (χ2v) is 6.85. The van der Waals surface area contributed by atoms with Gasteiger partial charge in [-0.25, -0.2) is 13.1 Å². The number of likely N-dealkylation sites (N-methyl/N-ethyl adjacent to an activating group) is 1. The Labute approximate surface area is 101 Å². The Bertz CT molecular complexity index is 398. The fourth-order valence-corrected chi connectivity index (χ4v) is 3.16. The Morgan fingerprint density at radius 1 is 1.50 bits per heavy atom. The van der Waals surface area contributed by atoms with E-state index in [9.17, 15) is 8.42 Å². The first-order chi connectivity index (χ1) is 7.43. The highest BCUT2D eigenvalue weighted by Crippen LogP contribution is 2.14. The van der Waals surface area contributed by atoms with E-state index in [2.05, 4.69) is 23.5 Å². The number of hydrogen-bond acceptors (Lipinski definition) is 4. The third kappa shape index (κ3) is 3.86. The van der Waals surface area contributed by atoms with Crippen molar-refractivity contribution < 1.29 is 8.42 Å². The van der Waals surface area contributed by atoms with E-state index < -0.39 is 10.0 Å². The third-order valence-corrected chi connectivity index (χ3v) is 5.26. The fourth-order valence-electron chi connectivity index (χ4n) is 1.10. The van der Waals surface area contributed by atoms with Crippen LogP contribution in [-0.4, -0.2) is 39.5 Å². The Hall–Kier alpha value is -0.430. The maximum absolute atomic E-state index is 11.7. The summed E-state index contributed by atoms with van der Waals surface area (Å²) in [4.78, 5) is 2.09. The summed E-state index contributed by atoms with van der Waals surface area (Å²) in [5.41, 5.74) is 0. The molecule has 0 aliphatic rings. The standard InChI is InChI=1S/C10H18N2O2S2/c1-9(2)12(3)7-6-11-16(13,14)10-5-4-8-15-10/h4-5,8-9,11H,6-7H2,1-3H3. The summed E-state index contributed by atoms with van der Waals surface area (Å²) in [5.74, 6) is 0. The Kier molecular flexibility index (Phi) is 4.91. The molecule has 1 aromatic heterocycles. The molecule has 1 rings (SSSR count). The van der Waals surface area contributed by atoms with Gasteiger partial charge < -0.3 is 4.90 Å². The van der Waals surface area contributed by atoms with Crippen LogP contribution in [0.2, 0.25) is 0 Å². The third-order valence-electron chi connectivity index (χ3n) is 2.40. The average molecular weight is 262 g/mol. The summed E-state index contributed by atoms with van der Waals surface area (Å²) in [6.07, 6.45) is 0. The molecule has 16 heavy (non-hydrogen) atoms. The zero-order valence-corrected chi connectivity index (χ0v) is 11.4. The van der Waals surface area contributed by atoms with Crippen LogP contribution in [0.25, 0.3) is 0 Å². The fraction of sp³-hybridized carbons (Fsp3) is 0.600. The summed E-state index contributed by atoms with van der Waals surface area (Å²) in [5, 5.41) is 1.76. The number of nitrogens with one attached hydrogen (secondary N) is 1. The highest BCUT2D eigenvalue weighted by molar-refractivity contribution is 7.91. The van der Waals surface area contributed by atoms with Crippen LogP contribution in [0.15, 0.2) is 21.7 Å². The predicted octanol–water partition coefficient (Wildman–Crippen LogP) is 1.37. The molecule has 0 spiro atoms. The van der Waals surface area contributed by atoms with Gasteiger partial charge in [0.15, 0.2) is 0 Å². The van der Waals surface area contributed by atoms with Crippen molar-refractivity contribution in [3.8, 4) is 0 Å². The largest absolute Gasteiger partial charge is 0.303 e. The Morgan fingerprint density at radius 3 is 2.69 bits per heavy atom. The van der Waals surface area contributed by atoms with Crippen LogP contribution < -0.4 is 4.72 Å². The van der Waals surface area contributed by atoms with E-state index in [-0.39, 0.29) is 0 Å². The molecular formula is C10H18N2O2S2. The summed E-state index contributed by atoms with van der Waals surface area (Å²) in [7, 11) is -1.32. The van der Waals surface area contributed by atoms with Crippen molar-refractivity contribution in [2.45, 2.75) is 24.1 Å². The zero-order chi connectivity index (χ0) is 12.2. The first kappa shape index (κ1) is 13.6. The van der Waals surface area contributed by atoms with Gasteiger partial charge in [0.2, 0.25) is 10.0 Å². The molecule has 0 aliphatic carbocycles. The number of hydrogen-bond donors (Lipinski definition) is 1. The van der Waals surface area contributed by atoms with Gasteiger partial charge in [0.05, 0.1) is 0 Å².